The van der Waals surface area contributed by atoms with Crippen LogP contribution in [0.5, 0.6) is 0 Å². The summed E-state index contributed by atoms with van der Waals surface area (Å²) in [7, 11) is 0. The predicted octanol–water partition coefficient (Wildman–Crippen LogP) is 4.96. The molecule has 0 saturated carbocycles. The lowest BCUT2D eigenvalue weighted by molar-refractivity contribution is -0.384. The van der Waals surface area contributed by atoms with Crippen molar-refractivity contribution >= 4 is 23.7 Å². The van der Waals surface area contributed by atoms with Gasteiger partial charge in [0, 0.05) is 42.3 Å². The summed E-state index contributed by atoms with van der Waals surface area (Å²) in [5.41, 5.74) is 3.68. The van der Waals surface area contributed by atoms with E-state index in [1.54, 1.807) is 45.3 Å². The summed E-state index contributed by atoms with van der Waals surface area (Å²) >= 11 is 0. The van der Waals surface area contributed by atoms with E-state index in [4.69, 9.17) is 9.47 Å². The zero-order valence-corrected chi connectivity index (χ0v) is 22.5. The number of H-pyrrole nitrogens is 1. The molecule has 0 amide bonds. The van der Waals surface area contributed by atoms with Crippen LogP contribution in [0.1, 0.15) is 49.2 Å². The molecular formula is C30H30N4O6. The SMILES string of the molecule is CCOC(=O)C1=C(C)NC(C)=C(C(=O)OCC=Cc2ccc(Cc3ncc[nH]3)cc2)C1c1cccc([N+](=O)[O-])c1. The second-order valence-corrected chi connectivity index (χ2v) is 9.16. The molecule has 1 atom stereocenters. The van der Waals surface area contributed by atoms with Crippen LogP contribution in [0.15, 0.2) is 89.5 Å². The van der Waals surface area contributed by atoms with Gasteiger partial charge in [-0.25, -0.2) is 14.6 Å². The van der Waals surface area contributed by atoms with E-state index in [0.717, 1.165) is 17.0 Å². The average Bonchev–Trinajstić information content (AvgIpc) is 3.44. The number of imidazole rings is 1. The van der Waals surface area contributed by atoms with Crippen LogP contribution in [-0.4, -0.2) is 40.0 Å². The summed E-state index contributed by atoms with van der Waals surface area (Å²) in [5, 5.41) is 14.5. The maximum absolute atomic E-state index is 13.4. The summed E-state index contributed by atoms with van der Waals surface area (Å²) in [6.45, 7) is 5.20. The fourth-order valence-corrected chi connectivity index (χ4v) is 4.62. The smallest absolute Gasteiger partial charge is 0.337 e. The van der Waals surface area contributed by atoms with Gasteiger partial charge < -0.3 is 19.8 Å². The van der Waals surface area contributed by atoms with Crippen LogP contribution in [0.2, 0.25) is 0 Å². The number of nitro groups is 1. The van der Waals surface area contributed by atoms with E-state index in [9.17, 15) is 19.7 Å². The fraction of sp³-hybridized carbons (Fsp3) is 0.233. The number of hydrogen-bond donors (Lipinski definition) is 2. The quantitative estimate of drug-likeness (QED) is 0.208. The number of esters is 2. The Balaban J connectivity index is 1.52. The molecule has 206 valence electrons. The molecule has 1 aliphatic rings. The minimum Gasteiger partial charge on any atom is -0.463 e. The summed E-state index contributed by atoms with van der Waals surface area (Å²) < 4.78 is 10.8. The van der Waals surface area contributed by atoms with E-state index >= 15 is 0 Å². The lowest BCUT2D eigenvalue weighted by Crippen LogP contribution is -2.32. The molecule has 10 nitrogen and oxygen atoms in total. The number of rotatable bonds is 10. The Bertz CT molecular complexity index is 1490. The number of carbonyl (C=O) groups is 2. The monoisotopic (exact) mass is 542 g/mol. The first kappa shape index (κ1) is 28.0. The second kappa shape index (κ2) is 12.7. The molecule has 0 spiro atoms. The van der Waals surface area contributed by atoms with E-state index in [1.807, 2.05) is 30.3 Å². The largest absolute Gasteiger partial charge is 0.463 e. The Labute approximate surface area is 231 Å². The van der Waals surface area contributed by atoms with Crippen molar-refractivity contribution in [2.75, 3.05) is 13.2 Å². The summed E-state index contributed by atoms with van der Waals surface area (Å²) in [6.07, 6.45) is 7.77. The molecule has 0 bridgehead atoms. The Morgan fingerprint density at radius 1 is 1.05 bits per heavy atom. The molecule has 3 aromatic rings. The standard InChI is InChI=1S/C30H30N4O6/c1-4-39-29(35)26-19(2)33-20(3)27(28(26)23-8-5-9-24(18-23)34(37)38)30(36)40-16-6-7-21-10-12-22(13-11-21)17-25-31-14-15-32-25/h5-15,18,28,33H,4,16-17H2,1-3H3,(H,31,32). The molecule has 0 radical (unpaired) electrons. The normalized spacial score (nSPS) is 15.2. The molecule has 4 rings (SSSR count). The lowest BCUT2D eigenvalue weighted by Gasteiger charge is -2.30. The highest BCUT2D eigenvalue weighted by molar-refractivity contribution is 6.00. The number of ether oxygens (including phenoxy) is 2. The molecule has 1 unspecified atom stereocenters. The van der Waals surface area contributed by atoms with E-state index in [2.05, 4.69) is 15.3 Å². The summed E-state index contributed by atoms with van der Waals surface area (Å²) in [5.74, 6) is -1.28. The van der Waals surface area contributed by atoms with Crippen molar-refractivity contribution < 1.29 is 24.0 Å². The molecule has 0 saturated heterocycles. The van der Waals surface area contributed by atoms with Crippen molar-refractivity contribution in [2.24, 2.45) is 0 Å². The number of allylic oxidation sites excluding steroid dienone is 2. The Kier molecular flexibility index (Phi) is 8.90. The second-order valence-electron chi connectivity index (χ2n) is 9.16. The number of nitrogens with one attached hydrogen (secondary N) is 2. The van der Waals surface area contributed by atoms with Gasteiger partial charge in [0.2, 0.25) is 0 Å². The number of aromatic amines is 1. The van der Waals surface area contributed by atoms with Crippen molar-refractivity contribution in [3.05, 3.63) is 122 Å². The highest BCUT2D eigenvalue weighted by Gasteiger charge is 2.38. The zero-order valence-electron chi connectivity index (χ0n) is 22.5. The Hall–Kier alpha value is -4.99. The third-order valence-electron chi connectivity index (χ3n) is 6.42. The maximum Gasteiger partial charge on any atom is 0.337 e. The molecule has 1 aliphatic heterocycles. The van der Waals surface area contributed by atoms with Crippen molar-refractivity contribution in [1.82, 2.24) is 15.3 Å². The van der Waals surface area contributed by atoms with Gasteiger partial charge in [0.25, 0.3) is 5.69 Å². The first-order valence-corrected chi connectivity index (χ1v) is 12.8. The van der Waals surface area contributed by atoms with E-state index in [-0.39, 0.29) is 30.0 Å². The van der Waals surface area contributed by atoms with E-state index in [1.165, 1.54) is 18.2 Å². The number of carbonyl (C=O) groups excluding carboxylic acids is 2. The molecule has 2 N–H and O–H groups in total. The van der Waals surface area contributed by atoms with Gasteiger partial charge in [0.05, 0.1) is 28.6 Å². The molecule has 40 heavy (non-hydrogen) atoms. The summed E-state index contributed by atoms with van der Waals surface area (Å²) in [4.78, 5) is 44.6. The van der Waals surface area contributed by atoms with Crippen LogP contribution in [0.4, 0.5) is 5.69 Å². The molecule has 10 heteroatoms. The van der Waals surface area contributed by atoms with Crippen LogP contribution in [-0.2, 0) is 25.5 Å². The molecule has 0 aliphatic carbocycles. The molecule has 2 heterocycles. The van der Waals surface area contributed by atoms with Crippen LogP contribution in [0.3, 0.4) is 0 Å². The number of aromatic nitrogens is 2. The number of benzene rings is 2. The number of non-ortho nitro benzene ring substituents is 1. The van der Waals surface area contributed by atoms with Crippen LogP contribution in [0, 0.1) is 10.1 Å². The Morgan fingerprint density at radius 2 is 1.75 bits per heavy atom. The van der Waals surface area contributed by atoms with Crippen LogP contribution >= 0.6 is 0 Å². The lowest BCUT2D eigenvalue weighted by atomic mass is 9.80. The third kappa shape index (κ3) is 6.52. The van der Waals surface area contributed by atoms with Gasteiger partial charge in [-0.15, -0.1) is 0 Å². The highest BCUT2D eigenvalue weighted by atomic mass is 16.6. The predicted molar refractivity (Wildman–Crippen MR) is 149 cm³/mol. The summed E-state index contributed by atoms with van der Waals surface area (Å²) in [6, 6.07) is 13.8. The molecule has 1 aromatic heterocycles. The molecule has 2 aromatic carbocycles. The fourth-order valence-electron chi connectivity index (χ4n) is 4.62. The Morgan fingerprint density at radius 3 is 2.38 bits per heavy atom. The van der Waals surface area contributed by atoms with E-state index in [0.29, 0.717) is 23.4 Å². The zero-order chi connectivity index (χ0) is 28.6. The maximum atomic E-state index is 13.4. The van der Waals surface area contributed by atoms with Crippen molar-refractivity contribution in [3.8, 4) is 0 Å². The topological polar surface area (TPSA) is 136 Å². The van der Waals surface area contributed by atoms with Gasteiger partial charge in [-0.3, -0.25) is 10.1 Å². The van der Waals surface area contributed by atoms with Gasteiger partial charge in [0.1, 0.15) is 12.4 Å². The van der Waals surface area contributed by atoms with Gasteiger partial charge in [0.15, 0.2) is 0 Å². The van der Waals surface area contributed by atoms with Gasteiger partial charge >= 0.3 is 11.9 Å². The molecular weight excluding hydrogens is 512 g/mol. The van der Waals surface area contributed by atoms with Gasteiger partial charge in [-0.2, -0.15) is 0 Å². The first-order chi connectivity index (χ1) is 19.3. The van der Waals surface area contributed by atoms with Crippen molar-refractivity contribution in [3.63, 3.8) is 0 Å². The van der Waals surface area contributed by atoms with Gasteiger partial charge in [-0.1, -0.05) is 42.5 Å². The van der Waals surface area contributed by atoms with Gasteiger partial charge in [-0.05, 0) is 43.5 Å². The van der Waals surface area contributed by atoms with Crippen molar-refractivity contribution in [2.45, 2.75) is 33.1 Å². The molecule has 0 fully saturated rings. The number of hydrogen-bond acceptors (Lipinski definition) is 8. The number of nitrogens with zero attached hydrogens (tertiary/aromatic N) is 2. The minimum absolute atomic E-state index is 0.0111. The minimum atomic E-state index is -0.904. The number of nitro benzene ring substituents is 1. The third-order valence-corrected chi connectivity index (χ3v) is 6.42. The van der Waals surface area contributed by atoms with Crippen molar-refractivity contribution in [1.29, 1.82) is 0 Å². The highest BCUT2D eigenvalue weighted by Crippen LogP contribution is 2.40. The van der Waals surface area contributed by atoms with Crippen LogP contribution in [0.25, 0.3) is 6.08 Å². The van der Waals surface area contributed by atoms with Crippen LogP contribution < -0.4 is 5.32 Å². The number of dihydropyridines is 1. The first-order valence-electron chi connectivity index (χ1n) is 12.8. The van der Waals surface area contributed by atoms with E-state index < -0.39 is 22.8 Å². The average molecular weight is 543 g/mol.